The quantitative estimate of drug-likeness (QED) is 0.0730. The summed E-state index contributed by atoms with van der Waals surface area (Å²) in [4.78, 5) is 4.48. The maximum atomic E-state index is 11.5. The van der Waals surface area contributed by atoms with Gasteiger partial charge in [-0.3, -0.25) is 9.11 Å². The van der Waals surface area contributed by atoms with Gasteiger partial charge in [0.1, 0.15) is 0 Å². The van der Waals surface area contributed by atoms with E-state index in [0.717, 1.165) is 75.0 Å². The largest absolute Gasteiger partial charge is 0.345 e. The number of unbranched alkanes of at least 4 members (excludes halogenated alkanes) is 2. The van der Waals surface area contributed by atoms with E-state index in [0.29, 0.717) is 55.2 Å². The molecule has 9 nitrogen and oxygen atoms in total. The van der Waals surface area contributed by atoms with Crippen molar-refractivity contribution in [2.45, 2.75) is 64.2 Å². The van der Waals surface area contributed by atoms with Gasteiger partial charge in [-0.2, -0.15) is 21.4 Å². The Morgan fingerprint density at radius 3 is 1.73 bits per heavy atom. The summed E-state index contributed by atoms with van der Waals surface area (Å²) in [6, 6.07) is 32.5. The fraction of sp³-hybridized carbons (Fsp3) is 0.298. The van der Waals surface area contributed by atoms with E-state index in [2.05, 4.69) is 76.8 Å². The van der Waals surface area contributed by atoms with Gasteiger partial charge in [-0.1, -0.05) is 85.6 Å². The van der Waals surface area contributed by atoms with Crippen LogP contribution in [-0.4, -0.2) is 56.2 Å². The minimum Gasteiger partial charge on any atom is -0.345 e. The summed E-state index contributed by atoms with van der Waals surface area (Å²) in [5, 5.41) is 1.30. The molecule has 2 heterocycles. The second-order valence-corrected chi connectivity index (χ2v) is 20.0. The van der Waals surface area contributed by atoms with Gasteiger partial charge in [0.2, 0.25) is 17.1 Å². The number of benzene rings is 4. The Balaban J connectivity index is 1.33. The van der Waals surface area contributed by atoms with Crippen LogP contribution < -0.4 is 14.4 Å². The van der Waals surface area contributed by atoms with Crippen LogP contribution in [0.2, 0.25) is 10.0 Å². The van der Waals surface area contributed by atoms with Crippen LogP contribution in [0.4, 0.5) is 22.7 Å². The number of para-hydroxylation sites is 2. The van der Waals surface area contributed by atoms with E-state index in [1.807, 2.05) is 72.8 Å². The SMILES string of the molecule is CC1(C)C(=CC=C2CCC(=CC=C3Cc4cc(Cl)ccc4N3CCCCS(=O)(=O)O)C2=[N+](c2ccccc2)c2ccccc2)N(CCCCS(=O)(=O)O)c2ccc(Cl)cc21. The fourth-order valence-electron chi connectivity index (χ4n) is 8.58. The molecule has 13 heteroatoms. The number of hydrogen-bond donors (Lipinski definition) is 2. The van der Waals surface area contributed by atoms with Crippen molar-refractivity contribution in [1.82, 2.24) is 4.58 Å². The highest BCUT2D eigenvalue weighted by atomic mass is 35.5. The van der Waals surface area contributed by atoms with Crippen molar-refractivity contribution in [1.29, 1.82) is 0 Å². The summed E-state index contributed by atoms with van der Waals surface area (Å²) in [5.41, 5.74) is 11.4. The smallest absolute Gasteiger partial charge is 0.264 e. The zero-order valence-corrected chi connectivity index (χ0v) is 36.9. The topological polar surface area (TPSA) is 118 Å². The van der Waals surface area contributed by atoms with Gasteiger partial charge in [0.25, 0.3) is 20.2 Å². The van der Waals surface area contributed by atoms with E-state index in [1.54, 1.807) is 0 Å². The Morgan fingerprint density at radius 2 is 1.17 bits per heavy atom. The normalized spacial score (nSPS) is 18.9. The Labute approximate surface area is 364 Å². The van der Waals surface area contributed by atoms with Crippen molar-refractivity contribution in [3.63, 3.8) is 0 Å². The minimum atomic E-state index is -4.06. The molecule has 3 aliphatic rings. The van der Waals surface area contributed by atoms with Crippen molar-refractivity contribution >= 4 is 71.9 Å². The molecule has 1 aliphatic carbocycles. The molecule has 0 bridgehead atoms. The van der Waals surface area contributed by atoms with Crippen LogP contribution in [0.25, 0.3) is 0 Å². The Bertz CT molecular complexity index is 2600. The molecule has 60 heavy (non-hydrogen) atoms. The van der Waals surface area contributed by atoms with Gasteiger partial charge >= 0.3 is 0 Å². The average molecular weight is 888 g/mol. The second kappa shape index (κ2) is 18.2. The highest BCUT2D eigenvalue weighted by Gasteiger charge is 2.40. The monoisotopic (exact) mass is 886 g/mol. The van der Waals surface area contributed by atoms with Crippen molar-refractivity contribution in [3.05, 3.63) is 165 Å². The number of nitrogens with zero attached hydrogens (tertiary/aromatic N) is 3. The molecule has 1 saturated carbocycles. The van der Waals surface area contributed by atoms with Gasteiger partial charge in [-0.15, -0.1) is 0 Å². The first-order chi connectivity index (χ1) is 28.6. The molecule has 1 fully saturated rings. The highest BCUT2D eigenvalue weighted by molar-refractivity contribution is 7.86. The van der Waals surface area contributed by atoms with E-state index in [9.17, 15) is 25.9 Å². The van der Waals surface area contributed by atoms with Gasteiger partial charge < -0.3 is 9.80 Å². The van der Waals surface area contributed by atoms with Gasteiger partial charge in [0, 0.05) is 93.2 Å². The van der Waals surface area contributed by atoms with Crippen LogP contribution in [-0.2, 0) is 32.1 Å². The molecule has 0 aromatic heterocycles. The highest BCUT2D eigenvalue weighted by Crippen LogP contribution is 2.49. The third kappa shape index (κ3) is 10.2. The Kier molecular flexibility index (Phi) is 13.3. The summed E-state index contributed by atoms with van der Waals surface area (Å²) in [7, 11) is -8.11. The number of fused-ring (bicyclic) bond motifs is 2. The Morgan fingerprint density at radius 1 is 0.650 bits per heavy atom. The molecular formula is C47H50Cl2N3O6S2+. The van der Waals surface area contributed by atoms with Gasteiger partial charge in [0.15, 0.2) is 0 Å². The van der Waals surface area contributed by atoms with Gasteiger partial charge in [-0.05, 0) is 98.2 Å². The molecule has 4 aromatic carbocycles. The maximum absolute atomic E-state index is 11.5. The fourth-order valence-corrected chi connectivity index (χ4v) is 10.1. The van der Waals surface area contributed by atoms with E-state index in [4.69, 9.17) is 23.2 Å². The zero-order valence-electron chi connectivity index (χ0n) is 33.8. The van der Waals surface area contributed by atoms with Gasteiger partial charge in [-0.25, -0.2) is 0 Å². The number of hydrogen-bond acceptors (Lipinski definition) is 6. The molecule has 0 saturated heterocycles. The summed E-state index contributed by atoms with van der Waals surface area (Å²) in [6.07, 6.45) is 12.9. The third-order valence-electron chi connectivity index (χ3n) is 11.4. The first kappa shape index (κ1) is 43.6. The predicted molar refractivity (Wildman–Crippen MR) is 247 cm³/mol. The summed E-state index contributed by atoms with van der Waals surface area (Å²) >= 11 is 13.0. The van der Waals surface area contributed by atoms with Crippen LogP contribution in [0.5, 0.6) is 0 Å². The van der Waals surface area contributed by atoms with Crippen molar-refractivity contribution < 1.29 is 25.9 Å². The molecule has 2 aliphatic heterocycles. The van der Waals surface area contributed by atoms with Crippen LogP contribution in [0, 0.1) is 0 Å². The first-order valence-electron chi connectivity index (χ1n) is 20.2. The van der Waals surface area contributed by atoms with E-state index >= 15 is 0 Å². The van der Waals surface area contributed by atoms with Crippen molar-refractivity contribution in [2.24, 2.45) is 0 Å². The average Bonchev–Trinajstić information content (AvgIpc) is 3.82. The van der Waals surface area contributed by atoms with Crippen molar-refractivity contribution in [3.8, 4) is 0 Å². The van der Waals surface area contributed by atoms with E-state index < -0.39 is 25.7 Å². The minimum absolute atomic E-state index is 0.279. The lowest BCUT2D eigenvalue weighted by Crippen LogP contribution is -2.27. The van der Waals surface area contributed by atoms with E-state index in [1.165, 1.54) is 0 Å². The van der Waals surface area contributed by atoms with Gasteiger partial charge in [0.05, 0.1) is 11.5 Å². The maximum Gasteiger partial charge on any atom is 0.264 e. The summed E-state index contributed by atoms with van der Waals surface area (Å²) in [6.45, 7) is 5.52. The molecule has 4 aromatic rings. The van der Waals surface area contributed by atoms with Crippen LogP contribution in [0.3, 0.4) is 0 Å². The molecule has 0 atom stereocenters. The lowest BCUT2D eigenvalue weighted by Gasteiger charge is -2.27. The molecule has 2 N–H and O–H groups in total. The predicted octanol–water partition coefficient (Wildman–Crippen LogP) is 10.9. The molecular weight excluding hydrogens is 838 g/mol. The molecule has 314 valence electrons. The lowest BCUT2D eigenvalue weighted by molar-refractivity contribution is 0.478. The molecule has 0 amide bonds. The number of anilines is 2. The lowest BCUT2D eigenvalue weighted by atomic mass is 9.83. The number of rotatable bonds is 14. The van der Waals surface area contributed by atoms with E-state index in [-0.39, 0.29) is 11.5 Å². The molecule has 0 spiro atoms. The second-order valence-electron chi connectivity index (χ2n) is 16.0. The van der Waals surface area contributed by atoms with Crippen LogP contribution in [0.15, 0.2) is 144 Å². The van der Waals surface area contributed by atoms with Crippen LogP contribution >= 0.6 is 23.2 Å². The summed E-state index contributed by atoms with van der Waals surface area (Å²) < 4.78 is 67.1. The third-order valence-corrected chi connectivity index (χ3v) is 13.5. The van der Waals surface area contributed by atoms with Crippen molar-refractivity contribution in [2.75, 3.05) is 34.4 Å². The molecule has 7 rings (SSSR count). The first-order valence-corrected chi connectivity index (χ1v) is 24.2. The van der Waals surface area contributed by atoms with Crippen LogP contribution in [0.1, 0.15) is 63.5 Å². The zero-order chi connectivity index (χ0) is 42.7. The summed E-state index contributed by atoms with van der Waals surface area (Å²) in [5.74, 6) is -0.566. The number of allylic oxidation sites excluding steroid dienone is 8. The number of halogens is 2. The molecule has 0 radical (unpaired) electrons. The Hall–Kier alpha value is -4.49. The molecule has 0 unspecified atom stereocenters. The standard InChI is InChI=1S/C47H49Cl2N3O6S2/c1-47(2)42-33-38(49)22-25-44(42)51(28-10-12-30-60(56,57)58)45(47)26-20-35-18-17-34(46(35)52(39-13-5-3-6-14-39)40-15-7-4-8-16-40)19-23-41-32-36-31-37(48)21-24-43(36)50(41)27-9-11-29-59(53,54)55/h3-8,13-16,19-26,31,33H,9-12,17-18,27-30,32H2,1-2H3,(H-,53,54,55,56,57,58)/p+1.